The first kappa shape index (κ1) is 20.3. The molecular formula is C21H26N2O4. The summed E-state index contributed by atoms with van der Waals surface area (Å²) in [7, 11) is 3.04. The monoisotopic (exact) mass is 370 g/mol. The van der Waals surface area contributed by atoms with Gasteiger partial charge >= 0.3 is 0 Å². The first-order valence-corrected chi connectivity index (χ1v) is 8.84. The predicted octanol–water partition coefficient (Wildman–Crippen LogP) is 3.59. The summed E-state index contributed by atoms with van der Waals surface area (Å²) >= 11 is 0. The Hall–Kier alpha value is -3.02. The summed E-state index contributed by atoms with van der Waals surface area (Å²) in [5.41, 5.74) is 2.37. The van der Waals surface area contributed by atoms with Gasteiger partial charge in [0.15, 0.2) is 0 Å². The van der Waals surface area contributed by atoms with Crippen LogP contribution in [0, 0.1) is 0 Å². The first-order valence-electron chi connectivity index (χ1n) is 8.84. The Morgan fingerprint density at radius 3 is 2.07 bits per heavy atom. The molecule has 0 aliphatic carbocycles. The minimum atomic E-state index is -0.290. The minimum Gasteiger partial charge on any atom is -0.497 e. The number of rotatable bonds is 8. The van der Waals surface area contributed by atoms with E-state index in [0.717, 1.165) is 5.69 Å². The van der Waals surface area contributed by atoms with E-state index < -0.39 is 0 Å². The number of benzene rings is 2. The van der Waals surface area contributed by atoms with Crippen LogP contribution >= 0.6 is 0 Å². The summed E-state index contributed by atoms with van der Waals surface area (Å²) in [6.07, 6.45) is 0.179. The van der Waals surface area contributed by atoms with Gasteiger partial charge in [0.05, 0.1) is 14.2 Å². The summed E-state index contributed by atoms with van der Waals surface area (Å²) in [5, 5.41) is 5.56. The molecule has 0 aliphatic rings. The smallest absolute Gasteiger partial charge is 0.251 e. The van der Waals surface area contributed by atoms with E-state index in [-0.39, 0.29) is 24.8 Å². The third-order valence-electron chi connectivity index (χ3n) is 4.11. The van der Waals surface area contributed by atoms with Crippen LogP contribution in [-0.2, 0) is 4.79 Å². The molecule has 6 nitrogen and oxygen atoms in total. The standard InChI is InChI=1S/C21H26N2O4/c1-14(2)15-5-7-17(8-6-15)23-20(24)9-10-22-21(25)16-11-18(26-3)13-19(12-16)27-4/h5-8,11-14H,9-10H2,1-4H3,(H,22,25)(H,23,24). The highest BCUT2D eigenvalue weighted by Crippen LogP contribution is 2.22. The molecule has 2 N–H and O–H groups in total. The molecule has 0 saturated carbocycles. The van der Waals surface area contributed by atoms with E-state index in [2.05, 4.69) is 24.5 Å². The molecule has 27 heavy (non-hydrogen) atoms. The molecule has 0 spiro atoms. The Bertz CT molecular complexity index is 763. The Morgan fingerprint density at radius 2 is 1.56 bits per heavy atom. The maximum absolute atomic E-state index is 12.3. The maximum Gasteiger partial charge on any atom is 0.251 e. The fourth-order valence-corrected chi connectivity index (χ4v) is 2.50. The van der Waals surface area contributed by atoms with Crippen molar-refractivity contribution in [2.24, 2.45) is 0 Å². The van der Waals surface area contributed by atoms with E-state index in [9.17, 15) is 9.59 Å². The Labute approximate surface area is 159 Å². The summed E-state index contributed by atoms with van der Waals surface area (Å²) < 4.78 is 10.3. The summed E-state index contributed by atoms with van der Waals surface area (Å²) in [4.78, 5) is 24.3. The fourth-order valence-electron chi connectivity index (χ4n) is 2.50. The quantitative estimate of drug-likeness (QED) is 0.745. The topological polar surface area (TPSA) is 76.7 Å². The number of ether oxygens (including phenoxy) is 2. The Kier molecular flexibility index (Phi) is 7.23. The minimum absolute atomic E-state index is 0.157. The van der Waals surface area contributed by atoms with Gasteiger partial charge < -0.3 is 20.1 Å². The van der Waals surface area contributed by atoms with Gasteiger partial charge in [0.1, 0.15) is 11.5 Å². The van der Waals surface area contributed by atoms with Gasteiger partial charge in [-0.25, -0.2) is 0 Å². The molecule has 2 aromatic rings. The molecule has 2 aromatic carbocycles. The second-order valence-electron chi connectivity index (χ2n) is 6.43. The second-order valence-corrected chi connectivity index (χ2v) is 6.43. The number of anilines is 1. The SMILES string of the molecule is COc1cc(OC)cc(C(=O)NCCC(=O)Nc2ccc(C(C)C)cc2)c1. The number of nitrogens with one attached hydrogen (secondary N) is 2. The van der Waals surface area contributed by atoms with Crippen LogP contribution in [0.1, 0.15) is 42.1 Å². The third kappa shape index (κ3) is 6.02. The number of hydrogen-bond donors (Lipinski definition) is 2. The predicted molar refractivity (Wildman–Crippen MR) is 106 cm³/mol. The van der Waals surface area contributed by atoms with Crippen molar-refractivity contribution < 1.29 is 19.1 Å². The highest BCUT2D eigenvalue weighted by molar-refractivity contribution is 5.96. The van der Waals surface area contributed by atoms with Gasteiger partial charge in [0.2, 0.25) is 5.91 Å². The molecule has 0 fully saturated rings. The van der Waals surface area contributed by atoms with Gasteiger partial charge in [0, 0.05) is 30.3 Å². The lowest BCUT2D eigenvalue weighted by Gasteiger charge is -2.10. The highest BCUT2D eigenvalue weighted by atomic mass is 16.5. The van der Waals surface area contributed by atoms with Gasteiger partial charge in [0.25, 0.3) is 5.91 Å². The largest absolute Gasteiger partial charge is 0.497 e. The average Bonchev–Trinajstić information content (AvgIpc) is 2.67. The van der Waals surface area contributed by atoms with Crippen LogP contribution < -0.4 is 20.1 Å². The maximum atomic E-state index is 12.3. The molecule has 2 rings (SSSR count). The summed E-state index contributed by atoms with van der Waals surface area (Å²) in [6.45, 7) is 4.47. The van der Waals surface area contributed by atoms with Crippen molar-refractivity contribution in [3.63, 3.8) is 0 Å². The van der Waals surface area contributed by atoms with E-state index in [1.807, 2.05) is 24.3 Å². The van der Waals surface area contributed by atoms with Crippen molar-refractivity contribution in [3.05, 3.63) is 53.6 Å². The van der Waals surface area contributed by atoms with Crippen LogP contribution in [0.5, 0.6) is 11.5 Å². The van der Waals surface area contributed by atoms with E-state index in [0.29, 0.717) is 23.0 Å². The number of methoxy groups -OCH3 is 2. The van der Waals surface area contributed by atoms with Crippen molar-refractivity contribution >= 4 is 17.5 Å². The highest BCUT2D eigenvalue weighted by Gasteiger charge is 2.10. The number of carbonyl (C=O) groups is 2. The zero-order valence-electron chi connectivity index (χ0n) is 16.2. The number of carbonyl (C=O) groups excluding carboxylic acids is 2. The van der Waals surface area contributed by atoms with Crippen LogP contribution in [-0.4, -0.2) is 32.6 Å². The van der Waals surface area contributed by atoms with E-state index in [1.165, 1.54) is 19.8 Å². The van der Waals surface area contributed by atoms with Crippen LogP contribution in [0.3, 0.4) is 0 Å². The van der Waals surface area contributed by atoms with E-state index in [1.54, 1.807) is 18.2 Å². The molecule has 0 bridgehead atoms. The van der Waals surface area contributed by atoms with Crippen molar-refractivity contribution in [2.75, 3.05) is 26.1 Å². The van der Waals surface area contributed by atoms with Crippen LogP contribution in [0.4, 0.5) is 5.69 Å². The van der Waals surface area contributed by atoms with Crippen molar-refractivity contribution in [3.8, 4) is 11.5 Å². The molecule has 144 valence electrons. The molecule has 0 radical (unpaired) electrons. The molecule has 0 heterocycles. The molecule has 0 saturated heterocycles. The normalized spacial score (nSPS) is 10.4. The number of amides is 2. The van der Waals surface area contributed by atoms with E-state index in [4.69, 9.17) is 9.47 Å². The zero-order valence-corrected chi connectivity index (χ0v) is 16.2. The van der Waals surface area contributed by atoms with Crippen molar-refractivity contribution in [1.82, 2.24) is 5.32 Å². The first-order chi connectivity index (χ1) is 12.9. The van der Waals surface area contributed by atoms with Gasteiger partial charge in [-0.15, -0.1) is 0 Å². The molecule has 0 unspecified atom stereocenters. The lowest BCUT2D eigenvalue weighted by molar-refractivity contribution is -0.116. The zero-order chi connectivity index (χ0) is 19.8. The molecular weight excluding hydrogens is 344 g/mol. The van der Waals surface area contributed by atoms with Crippen molar-refractivity contribution in [1.29, 1.82) is 0 Å². The van der Waals surface area contributed by atoms with Crippen LogP contribution in [0.2, 0.25) is 0 Å². The molecule has 0 aromatic heterocycles. The summed E-state index contributed by atoms with van der Waals surface area (Å²) in [5.74, 6) is 1.06. The number of hydrogen-bond acceptors (Lipinski definition) is 4. The Balaban J connectivity index is 1.84. The third-order valence-corrected chi connectivity index (χ3v) is 4.11. The fraction of sp³-hybridized carbons (Fsp3) is 0.333. The average molecular weight is 370 g/mol. The lowest BCUT2D eigenvalue weighted by atomic mass is 10.0. The molecule has 0 aliphatic heterocycles. The van der Waals surface area contributed by atoms with Gasteiger partial charge in [-0.05, 0) is 35.7 Å². The molecule has 6 heteroatoms. The summed E-state index contributed by atoms with van der Waals surface area (Å²) in [6, 6.07) is 12.7. The van der Waals surface area contributed by atoms with Crippen LogP contribution in [0.25, 0.3) is 0 Å². The van der Waals surface area contributed by atoms with Crippen molar-refractivity contribution in [2.45, 2.75) is 26.2 Å². The Morgan fingerprint density at radius 1 is 0.963 bits per heavy atom. The molecule has 2 amide bonds. The second kappa shape index (κ2) is 9.62. The van der Waals surface area contributed by atoms with Gasteiger partial charge in [-0.3, -0.25) is 9.59 Å². The van der Waals surface area contributed by atoms with Gasteiger partial charge in [-0.1, -0.05) is 26.0 Å². The lowest BCUT2D eigenvalue weighted by Crippen LogP contribution is -2.27. The van der Waals surface area contributed by atoms with Crippen LogP contribution in [0.15, 0.2) is 42.5 Å². The van der Waals surface area contributed by atoms with E-state index >= 15 is 0 Å². The van der Waals surface area contributed by atoms with Gasteiger partial charge in [-0.2, -0.15) is 0 Å². The molecule has 0 atom stereocenters.